The van der Waals surface area contributed by atoms with Crippen LogP contribution in [-0.2, 0) is 38.3 Å². The summed E-state index contributed by atoms with van der Waals surface area (Å²) in [5.41, 5.74) is 0. The van der Waals surface area contributed by atoms with Gasteiger partial charge in [0.25, 0.3) is 0 Å². The van der Waals surface area contributed by atoms with Gasteiger partial charge < -0.3 is 34.3 Å². The standard InChI is InChI=1S/C52H90O12S/c1-3-5-7-9-11-13-15-17-19-20-21-22-23-24-25-26-27-29-31-33-35-37-39-41-48(54)62-46(45-61-52-50(56)51(64-65(57,58)59)49(55)47(43-53)63-52)44-60-42-40-38-36-34-32-30-28-18-16-14-12-10-8-6-4-2/h5,7,11,13,17,19,21-22,24-25,27,29,46-47,49-53,55-56H,3-4,6,8-10,12,14-16,18,20,23,26,28,30-45H2,1-2H3,(H,57,58,59)/b7-5-,13-11-,19-17-,22-21-,25-24-,29-27-. The summed E-state index contributed by atoms with van der Waals surface area (Å²) in [5.74, 6) is -0.424. The molecular weight excluding hydrogens is 849 g/mol. The highest BCUT2D eigenvalue weighted by Crippen LogP contribution is 2.26. The van der Waals surface area contributed by atoms with Crippen LogP contribution >= 0.6 is 0 Å². The molecule has 1 saturated heterocycles. The van der Waals surface area contributed by atoms with Crippen LogP contribution in [-0.4, -0.2) is 97.5 Å². The monoisotopic (exact) mass is 939 g/mol. The van der Waals surface area contributed by atoms with Crippen LogP contribution in [0.25, 0.3) is 0 Å². The van der Waals surface area contributed by atoms with E-state index in [4.69, 9.17) is 18.9 Å². The summed E-state index contributed by atoms with van der Waals surface area (Å²) in [5, 5.41) is 30.7. The van der Waals surface area contributed by atoms with Gasteiger partial charge in [0.1, 0.15) is 30.5 Å². The minimum absolute atomic E-state index is 0.0239. The van der Waals surface area contributed by atoms with Crippen molar-refractivity contribution in [3.8, 4) is 0 Å². The average Bonchev–Trinajstić information content (AvgIpc) is 3.28. The lowest BCUT2D eigenvalue weighted by molar-refractivity contribution is -0.301. The van der Waals surface area contributed by atoms with Gasteiger partial charge in [0, 0.05) is 13.0 Å². The van der Waals surface area contributed by atoms with Gasteiger partial charge in [-0.1, -0.05) is 189 Å². The largest absolute Gasteiger partial charge is 0.457 e. The third kappa shape index (κ3) is 36.3. The fourth-order valence-electron chi connectivity index (χ4n) is 7.32. The fourth-order valence-corrected chi connectivity index (χ4v) is 7.83. The summed E-state index contributed by atoms with van der Waals surface area (Å²) >= 11 is 0. The van der Waals surface area contributed by atoms with E-state index in [0.29, 0.717) is 13.0 Å². The smallest absolute Gasteiger partial charge is 0.397 e. The van der Waals surface area contributed by atoms with Crippen molar-refractivity contribution >= 4 is 16.4 Å². The molecule has 6 unspecified atom stereocenters. The van der Waals surface area contributed by atoms with Crippen LogP contribution in [0, 0.1) is 0 Å². The Morgan fingerprint density at radius 2 is 1.06 bits per heavy atom. The minimum atomic E-state index is -5.07. The zero-order chi connectivity index (χ0) is 47.5. The molecule has 0 aromatic carbocycles. The number of allylic oxidation sites excluding steroid dienone is 12. The quantitative estimate of drug-likeness (QED) is 0.0197. The van der Waals surface area contributed by atoms with E-state index >= 15 is 0 Å². The molecular formula is C52H90O12S. The van der Waals surface area contributed by atoms with Gasteiger partial charge >= 0.3 is 16.4 Å². The number of hydrogen-bond acceptors (Lipinski definition) is 11. The summed E-state index contributed by atoms with van der Waals surface area (Å²) in [6, 6.07) is 0. The van der Waals surface area contributed by atoms with Crippen LogP contribution < -0.4 is 0 Å². The van der Waals surface area contributed by atoms with Crippen molar-refractivity contribution in [3.63, 3.8) is 0 Å². The molecule has 1 heterocycles. The number of rotatable bonds is 43. The summed E-state index contributed by atoms with van der Waals surface area (Å²) < 4.78 is 59.2. The summed E-state index contributed by atoms with van der Waals surface area (Å²) in [7, 11) is -5.07. The molecule has 1 fully saturated rings. The van der Waals surface area contributed by atoms with E-state index in [2.05, 4.69) is 90.9 Å². The van der Waals surface area contributed by atoms with Crippen molar-refractivity contribution in [3.05, 3.63) is 72.9 Å². The highest BCUT2D eigenvalue weighted by Gasteiger charge is 2.48. The molecule has 4 N–H and O–H groups in total. The van der Waals surface area contributed by atoms with Crippen molar-refractivity contribution in [1.82, 2.24) is 0 Å². The van der Waals surface area contributed by atoms with Gasteiger partial charge in [-0.15, -0.1) is 0 Å². The van der Waals surface area contributed by atoms with E-state index in [1.807, 2.05) is 0 Å². The molecule has 1 aliphatic heterocycles. The molecule has 13 heteroatoms. The van der Waals surface area contributed by atoms with Gasteiger partial charge in [-0.2, -0.15) is 8.42 Å². The van der Waals surface area contributed by atoms with Crippen molar-refractivity contribution < 1.29 is 56.2 Å². The lowest BCUT2D eigenvalue weighted by Crippen LogP contribution is -2.60. The number of aliphatic hydroxyl groups excluding tert-OH is 3. The Hall–Kier alpha value is -2.46. The van der Waals surface area contributed by atoms with E-state index in [9.17, 15) is 33.1 Å². The molecule has 12 nitrogen and oxygen atoms in total. The highest BCUT2D eigenvalue weighted by atomic mass is 32.3. The molecule has 0 aromatic rings. The SMILES string of the molecule is CC/C=C\C/C=C\C/C=C\C/C=C\C/C=C\C/C=C\CCCCCCC(=O)OC(COCCCCCCCCCCCCCCCCC)COC1OC(CO)C(O)C(OS(=O)(=O)O)C1O. The third-order valence-electron chi connectivity index (χ3n) is 11.1. The average molecular weight is 939 g/mol. The lowest BCUT2D eigenvalue weighted by Gasteiger charge is -2.41. The topological polar surface area (TPSA) is 178 Å². The molecule has 0 aliphatic carbocycles. The Kier molecular flexibility index (Phi) is 39.9. The fraction of sp³-hybridized carbons (Fsp3) is 0.750. The van der Waals surface area contributed by atoms with Gasteiger partial charge in [0.2, 0.25) is 0 Å². The van der Waals surface area contributed by atoms with Gasteiger partial charge in [0.15, 0.2) is 6.29 Å². The van der Waals surface area contributed by atoms with Gasteiger partial charge in [0.05, 0.1) is 19.8 Å². The van der Waals surface area contributed by atoms with Crippen LogP contribution in [0.2, 0.25) is 0 Å². The van der Waals surface area contributed by atoms with Crippen LogP contribution in [0.5, 0.6) is 0 Å². The first-order valence-electron chi connectivity index (χ1n) is 25.2. The summed E-state index contributed by atoms with van der Waals surface area (Å²) in [6.07, 6.45) is 46.4. The Balaban J connectivity index is 2.40. The number of esters is 1. The zero-order valence-electron chi connectivity index (χ0n) is 40.3. The first-order valence-corrected chi connectivity index (χ1v) is 26.6. The second-order valence-corrected chi connectivity index (χ2v) is 18.1. The van der Waals surface area contributed by atoms with Crippen molar-refractivity contribution in [2.45, 2.75) is 224 Å². The number of aliphatic hydroxyl groups is 3. The maximum Gasteiger partial charge on any atom is 0.397 e. The van der Waals surface area contributed by atoms with Gasteiger partial charge in [-0.3, -0.25) is 9.35 Å². The molecule has 0 spiro atoms. The summed E-state index contributed by atoms with van der Waals surface area (Å²) in [4.78, 5) is 12.9. The number of carbonyl (C=O) groups is 1. The van der Waals surface area contributed by atoms with Crippen LogP contribution in [0.15, 0.2) is 72.9 Å². The normalized spacial score (nSPS) is 20.2. The number of carbonyl (C=O) groups excluding carboxylic acids is 1. The van der Waals surface area contributed by atoms with Crippen molar-refractivity contribution in [2.75, 3.05) is 26.4 Å². The van der Waals surface area contributed by atoms with Gasteiger partial charge in [-0.25, -0.2) is 4.18 Å². The zero-order valence-corrected chi connectivity index (χ0v) is 41.1. The molecule has 0 saturated carbocycles. The molecule has 0 radical (unpaired) electrons. The molecule has 376 valence electrons. The van der Waals surface area contributed by atoms with Crippen LogP contribution in [0.3, 0.4) is 0 Å². The highest BCUT2D eigenvalue weighted by molar-refractivity contribution is 7.80. The van der Waals surface area contributed by atoms with E-state index in [0.717, 1.165) is 83.5 Å². The molecule has 0 aromatic heterocycles. The van der Waals surface area contributed by atoms with E-state index in [1.165, 1.54) is 77.0 Å². The predicted octanol–water partition coefficient (Wildman–Crippen LogP) is 11.5. The Morgan fingerprint density at radius 1 is 0.600 bits per heavy atom. The minimum Gasteiger partial charge on any atom is -0.457 e. The second kappa shape index (κ2) is 42.9. The van der Waals surface area contributed by atoms with Crippen LogP contribution in [0.1, 0.15) is 187 Å². The predicted molar refractivity (Wildman–Crippen MR) is 262 cm³/mol. The molecule has 6 atom stereocenters. The number of unbranched alkanes of at least 4 members (excludes halogenated alkanes) is 18. The second-order valence-electron chi connectivity index (χ2n) is 17.0. The maximum atomic E-state index is 12.9. The Morgan fingerprint density at radius 3 is 1.55 bits per heavy atom. The number of hydrogen-bond donors (Lipinski definition) is 4. The van der Waals surface area contributed by atoms with Crippen molar-refractivity contribution in [1.29, 1.82) is 0 Å². The third-order valence-corrected chi connectivity index (χ3v) is 11.6. The van der Waals surface area contributed by atoms with E-state index in [1.54, 1.807) is 0 Å². The molecule has 0 amide bonds. The molecule has 0 bridgehead atoms. The molecule has 1 rings (SSSR count). The van der Waals surface area contributed by atoms with Gasteiger partial charge in [-0.05, 0) is 64.2 Å². The Labute approximate surface area is 394 Å². The van der Waals surface area contributed by atoms with E-state index in [-0.39, 0.29) is 19.6 Å². The lowest BCUT2D eigenvalue weighted by atomic mass is 9.99. The van der Waals surface area contributed by atoms with Crippen molar-refractivity contribution in [2.24, 2.45) is 0 Å². The maximum absolute atomic E-state index is 12.9. The summed E-state index contributed by atoms with van der Waals surface area (Å²) in [6.45, 7) is 3.85. The Bertz CT molecular complexity index is 1410. The molecule has 65 heavy (non-hydrogen) atoms. The molecule has 1 aliphatic rings. The number of ether oxygens (including phenoxy) is 4. The first kappa shape index (κ1) is 60.6. The first-order chi connectivity index (χ1) is 31.6. The van der Waals surface area contributed by atoms with Crippen LogP contribution in [0.4, 0.5) is 0 Å². The van der Waals surface area contributed by atoms with E-state index < -0.39 is 59.8 Å².